The van der Waals surface area contributed by atoms with Crippen LogP contribution in [-0.2, 0) is 0 Å². The van der Waals surface area contributed by atoms with Crippen molar-refractivity contribution < 1.29 is 17.0 Å². The van der Waals surface area contributed by atoms with Gasteiger partial charge in [0.2, 0.25) is 5.67 Å². The third-order valence-corrected chi connectivity index (χ3v) is 2.10. The summed E-state index contributed by atoms with van der Waals surface area (Å²) in [5.74, 6) is 0.828. The van der Waals surface area contributed by atoms with Gasteiger partial charge in [0.05, 0.1) is 0 Å². The van der Waals surface area contributed by atoms with Gasteiger partial charge in [-0.15, -0.1) is 0 Å². The lowest BCUT2D eigenvalue weighted by atomic mass is 10.0. The highest BCUT2D eigenvalue weighted by Gasteiger charge is 2.16. The van der Waals surface area contributed by atoms with Crippen LogP contribution in [0.25, 0.3) is 0 Å². The Kier molecular flexibility index (Phi) is 5.10. The quantitative estimate of drug-likeness (QED) is 0.410. The Labute approximate surface area is 73.5 Å². The van der Waals surface area contributed by atoms with Crippen molar-refractivity contribution in [2.75, 3.05) is 13.1 Å². The molecule has 1 aliphatic rings. The summed E-state index contributed by atoms with van der Waals surface area (Å²) in [5.41, 5.74) is 1.68. The molecule has 1 atom stereocenters. The van der Waals surface area contributed by atoms with Crippen LogP contribution in [0.1, 0.15) is 19.8 Å². The van der Waals surface area contributed by atoms with E-state index < -0.39 is 0 Å². The smallest absolute Gasteiger partial charge is 0.232 e. The second-order valence-corrected chi connectivity index (χ2v) is 3.04. The molecule has 0 aromatic heterocycles. The lowest BCUT2D eigenvalue weighted by Crippen LogP contribution is -3.00. The largest absolute Gasteiger partial charge is 1.00 e. The lowest BCUT2D eigenvalue weighted by molar-refractivity contribution is -0.538. The first-order valence-electron chi connectivity index (χ1n) is 3.50. The Morgan fingerprint density at radius 2 is 2.30 bits per heavy atom. The van der Waals surface area contributed by atoms with Crippen LogP contribution in [0.2, 0.25) is 0 Å². The first-order chi connectivity index (χ1) is 4.33. The van der Waals surface area contributed by atoms with Gasteiger partial charge in [-0.05, 0) is 18.0 Å². The van der Waals surface area contributed by atoms with Crippen LogP contribution in [0.4, 0.5) is 0 Å². The molecule has 3 heteroatoms. The van der Waals surface area contributed by atoms with E-state index in [0.29, 0.717) is 0 Å². The molecule has 1 unspecified atom stereocenters. The van der Waals surface area contributed by atoms with Crippen LogP contribution < -0.4 is 12.4 Å². The molecule has 1 nitrogen and oxygen atoms in total. The normalized spacial score (nSPS) is 29.8. The van der Waals surface area contributed by atoms with Crippen LogP contribution >= 0.6 is 11.6 Å². The highest BCUT2D eigenvalue weighted by Crippen LogP contribution is 2.11. The molecule has 0 radical (unpaired) electrons. The van der Waals surface area contributed by atoms with Crippen molar-refractivity contribution in [1.82, 2.24) is 0 Å². The number of halogens is 2. The maximum absolute atomic E-state index is 5.55. The second-order valence-electron chi connectivity index (χ2n) is 2.84. The minimum atomic E-state index is 0. The van der Waals surface area contributed by atoms with Crippen LogP contribution in [0.5, 0.6) is 0 Å². The molecular formula is C7H13Cl2N. The Hall–Kier alpha value is 0.250. The molecule has 0 aromatic rings. The fraction of sp³-hybridized carbons (Fsp3) is 0.857. The average Bonchev–Trinajstić information content (AvgIpc) is 1.88. The van der Waals surface area contributed by atoms with Crippen molar-refractivity contribution in [2.24, 2.45) is 5.92 Å². The average molecular weight is 182 g/mol. The van der Waals surface area contributed by atoms with Gasteiger partial charge in [-0.1, -0.05) is 6.92 Å². The Balaban J connectivity index is 0.000000810. The highest BCUT2D eigenvalue weighted by atomic mass is 35.5. The van der Waals surface area contributed by atoms with Gasteiger partial charge in [0, 0.05) is 12.3 Å². The molecule has 0 bridgehead atoms. The van der Waals surface area contributed by atoms with Gasteiger partial charge in [0.15, 0.2) is 0 Å². The SMILES string of the molecule is CC1CCC[N+](=CCl)C1.[Cl-]. The molecular weight excluding hydrogens is 169 g/mol. The summed E-state index contributed by atoms with van der Waals surface area (Å²) >= 11 is 5.55. The number of piperidine rings is 1. The van der Waals surface area contributed by atoms with E-state index in [-0.39, 0.29) is 12.4 Å². The van der Waals surface area contributed by atoms with E-state index in [1.54, 1.807) is 5.67 Å². The van der Waals surface area contributed by atoms with Gasteiger partial charge >= 0.3 is 0 Å². The van der Waals surface area contributed by atoms with Gasteiger partial charge in [0.1, 0.15) is 13.1 Å². The minimum Gasteiger partial charge on any atom is -1.00 e. The van der Waals surface area contributed by atoms with Gasteiger partial charge in [0.25, 0.3) is 0 Å². The van der Waals surface area contributed by atoms with E-state index >= 15 is 0 Å². The molecule has 1 rings (SSSR count). The van der Waals surface area contributed by atoms with E-state index in [1.165, 1.54) is 12.8 Å². The molecule has 0 aliphatic carbocycles. The van der Waals surface area contributed by atoms with Crippen molar-refractivity contribution in [1.29, 1.82) is 0 Å². The summed E-state index contributed by atoms with van der Waals surface area (Å²) in [5, 5.41) is 0. The molecule has 1 aliphatic heterocycles. The monoisotopic (exact) mass is 181 g/mol. The fourth-order valence-corrected chi connectivity index (χ4v) is 1.49. The maximum Gasteiger partial charge on any atom is 0.232 e. The summed E-state index contributed by atoms with van der Waals surface area (Å²) < 4.78 is 2.18. The van der Waals surface area contributed by atoms with Crippen molar-refractivity contribution in [3.63, 3.8) is 0 Å². The zero-order valence-corrected chi connectivity index (χ0v) is 7.70. The van der Waals surface area contributed by atoms with Gasteiger partial charge in [-0.25, -0.2) is 4.58 Å². The zero-order valence-electron chi connectivity index (χ0n) is 6.19. The number of rotatable bonds is 0. The molecule has 0 N–H and O–H groups in total. The summed E-state index contributed by atoms with van der Waals surface area (Å²) in [7, 11) is 0. The number of nitrogens with zero attached hydrogens (tertiary/aromatic N) is 1. The lowest BCUT2D eigenvalue weighted by Gasteiger charge is -2.14. The minimum absolute atomic E-state index is 0. The number of hydrogen-bond donors (Lipinski definition) is 0. The third-order valence-electron chi connectivity index (χ3n) is 1.83. The predicted molar refractivity (Wildman–Crippen MR) is 40.3 cm³/mol. The number of hydrogen-bond acceptors (Lipinski definition) is 0. The third kappa shape index (κ3) is 2.89. The fourth-order valence-electron chi connectivity index (χ4n) is 1.31. The Bertz CT molecular complexity index is 123. The topological polar surface area (TPSA) is 3.01 Å². The first kappa shape index (κ1) is 10.2. The van der Waals surface area contributed by atoms with Crippen molar-refractivity contribution >= 4 is 17.3 Å². The van der Waals surface area contributed by atoms with Crippen molar-refractivity contribution in [2.45, 2.75) is 19.8 Å². The van der Waals surface area contributed by atoms with Crippen molar-refractivity contribution in [3.05, 3.63) is 0 Å². The van der Waals surface area contributed by atoms with Gasteiger partial charge in [-0.3, -0.25) is 0 Å². The van der Waals surface area contributed by atoms with Crippen LogP contribution in [0, 0.1) is 5.92 Å². The summed E-state index contributed by atoms with van der Waals surface area (Å²) in [4.78, 5) is 0. The summed E-state index contributed by atoms with van der Waals surface area (Å²) in [6.07, 6.45) is 2.66. The Morgan fingerprint density at radius 3 is 2.70 bits per heavy atom. The first-order valence-corrected chi connectivity index (χ1v) is 3.94. The molecule has 60 valence electrons. The van der Waals surface area contributed by atoms with E-state index in [4.69, 9.17) is 11.6 Å². The molecule has 10 heavy (non-hydrogen) atoms. The van der Waals surface area contributed by atoms with Gasteiger partial charge in [-0.2, -0.15) is 0 Å². The molecule has 1 saturated heterocycles. The highest BCUT2D eigenvalue weighted by molar-refractivity contribution is 6.54. The second kappa shape index (κ2) is 4.97. The molecule has 0 amide bonds. The predicted octanol–water partition coefficient (Wildman–Crippen LogP) is -1.30. The van der Waals surface area contributed by atoms with Crippen LogP contribution in [0.15, 0.2) is 0 Å². The van der Waals surface area contributed by atoms with E-state index in [2.05, 4.69) is 11.5 Å². The zero-order chi connectivity index (χ0) is 6.69. The van der Waals surface area contributed by atoms with E-state index in [9.17, 15) is 0 Å². The molecule has 1 fully saturated rings. The van der Waals surface area contributed by atoms with E-state index in [1.807, 2.05) is 0 Å². The molecule has 0 spiro atoms. The standard InChI is InChI=1S/C7H13ClN.ClH/c1-7-3-2-4-9(5-7)6-8;/h6-7H,2-5H2,1H3;1H/q+1;/p-1. The molecule has 0 aromatic carbocycles. The molecule has 1 heterocycles. The van der Waals surface area contributed by atoms with Crippen LogP contribution in [0.3, 0.4) is 0 Å². The maximum atomic E-state index is 5.55. The summed E-state index contributed by atoms with van der Waals surface area (Å²) in [6, 6.07) is 0. The summed E-state index contributed by atoms with van der Waals surface area (Å²) in [6.45, 7) is 4.56. The van der Waals surface area contributed by atoms with E-state index in [0.717, 1.165) is 19.0 Å². The Morgan fingerprint density at radius 1 is 1.60 bits per heavy atom. The molecule has 0 saturated carbocycles. The van der Waals surface area contributed by atoms with Crippen LogP contribution in [-0.4, -0.2) is 23.3 Å². The van der Waals surface area contributed by atoms with Gasteiger partial charge < -0.3 is 12.4 Å². The van der Waals surface area contributed by atoms with Crippen molar-refractivity contribution in [3.8, 4) is 0 Å².